The molecule has 0 N–H and O–H groups in total. The molecule has 146 valence electrons. The molecule has 0 unspecified atom stereocenters. The van der Waals surface area contributed by atoms with E-state index < -0.39 is 5.41 Å². The van der Waals surface area contributed by atoms with Crippen LogP contribution in [0.5, 0.6) is 0 Å². The van der Waals surface area contributed by atoms with Gasteiger partial charge >= 0.3 is 0 Å². The molecule has 5 nitrogen and oxygen atoms in total. The Morgan fingerprint density at radius 3 is 2.04 bits per heavy atom. The molecule has 28 heavy (non-hydrogen) atoms. The van der Waals surface area contributed by atoms with Gasteiger partial charge in [0.15, 0.2) is 0 Å². The first-order chi connectivity index (χ1) is 13.6. The molecule has 2 aromatic carbocycles. The number of benzene rings is 2. The topological polar surface area (TPSA) is 43.9 Å². The predicted octanol–water partition coefficient (Wildman–Crippen LogP) is 2.77. The van der Waals surface area contributed by atoms with Crippen molar-refractivity contribution in [3.63, 3.8) is 0 Å². The van der Waals surface area contributed by atoms with E-state index in [0.29, 0.717) is 25.9 Å². The zero-order chi connectivity index (χ0) is 19.6. The van der Waals surface area contributed by atoms with Crippen molar-refractivity contribution in [2.45, 2.75) is 19.4 Å². The van der Waals surface area contributed by atoms with E-state index in [1.807, 2.05) is 41.3 Å². The molecule has 1 heterocycles. The number of piperazine rings is 1. The van der Waals surface area contributed by atoms with Gasteiger partial charge in [0.2, 0.25) is 11.8 Å². The van der Waals surface area contributed by atoms with Crippen molar-refractivity contribution in [2.24, 2.45) is 5.41 Å². The summed E-state index contributed by atoms with van der Waals surface area (Å²) in [5.41, 5.74) is 1.28. The average Bonchev–Trinajstić information content (AvgIpc) is 3.56. The van der Waals surface area contributed by atoms with Gasteiger partial charge in [-0.3, -0.25) is 14.5 Å². The van der Waals surface area contributed by atoms with Crippen LogP contribution in [-0.4, -0.2) is 54.8 Å². The van der Waals surface area contributed by atoms with E-state index in [4.69, 9.17) is 0 Å². The zero-order valence-electron chi connectivity index (χ0n) is 16.4. The minimum Gasteiger partial charge on any atom is -0.339 e. The smallest absolute Gasteiger partial charge is 0.242 e. The Bertz CT molecular complexity index is 825. The summed E-state index contributed by atoms with van der Waals surface area (Å²) in [7, 11) is 1.77. The lowest BCUT2D eigenvalue weighted by atomic mass is 10.0. The number of nitrogens with zero attached hydrogens (tertiary/aromatic N) is 3. The third-order valence-electron chi connectivity index (χ3n) is 5.93. The molecule has 0 radical (unpaired) electrons. The van der Waals surface area contributed by atoms with Crippen molar-refractivity contribution in [2.75, 3.05) is 38.1 Å². The fourth-order valence-electron chi connectivity index (χ4n) is 3.99. The van der Waals surface area contributed by atoms with Crippen LogP contribution in [0.4, 0.5) is 5.69 Å². The molecule has 2 amide bonds. The molecule has 2 fully saturated rings. The monoisotopic (exact) mass is 377 g/mol. The quantitative estimate of drug-likeness (QED) is 0.753. The summed E-state index contributed by atoms with van der Waals surface area (Å²) in [5.74, 6) is -0.0601. The molecule has 1 saturated carbocycles. The maximum absolute atomic E-state index is 13.2. The Labute approximate surface area is 166 Å². The van der Waals surface area contributed by atoms with Gasteiger partial charge in [0, 0.05) is 45.5 Å². The Kier molecular flexibility index (Phi) is 5.18. The van der Waals surface area contributed by atoms with E-state index in [-0.39, 0.29) is 11.8 Å². The van der Waals surface area contributed by atoms with E-state index in [1.54, 1.807) is 11.9 Å². The SMILES string of the molecule is CN(C(=O)C1(C(=O)N2CCN(Cc3ccccc3)CC2)CC1)c1ccccc1. The van der Waals surface area contributed by atoms with E-state index in [2.05, 4.69) is 29.2 Å². The second-order valence-corrected chi connectivity index (χ2v) is 7.84. The molecule has 0 aromatic heterocycles. The van der Waals surface area contributed by atoms with Crippen LogP contribution in [0.1, 0.15) is 18.4 Å². The number of amides is 2. The second kappa shape index (κ2) is 7.76. The van der Waals surface area contributed by atoms with Crippen LogP contribution in [0.3, 0.4) is 0 Å². The second-order valence-electron chi connectivity index (χ2n) is 7.84. The zero-order valence-corrected chi connectivity index (χ0v) is 16.4. The van der Waals surface area contributed by atoms with Gasteiger partial charge in [0.1, 0.15) is 5.41 Å². The van der Waals surface area contributed by atoms with Crippen LogP contribution in [0.15, 0.2) is 60.7 Å². The first-order valence-corrected chi connectivity index (χ1v) is 9.99. The van der Waals surface area contributed by atoms with E-state index in [0.717, 1.165) is 25.3 Å². The number of anilines is 1. The molecule has 2 aliphatic rings. The van der Waals surface area contributed by atoms with Gasteiger partial charge in [-0.05, 0) is 30.5 Å². The van der Waals surface area contributed by atoms with Gasteiger partial charge in [-0.2, -0.15) is 0 Å². The lowest BCUT2D eigenvalue weighted by molar-refractivity contribution is -0.144. The molecular weight excluding hydrogens is 350 g/mol. The van der Waals surface area contributed by atoms with E-state index >= 15 is 0 Å². The van der Waals surface area contributed by atoms with Crippen molar-refractivity contribution in [1.82, 2.24) is 9.80 Å². The van der Waals surface area contributed by atoms with Gasteiger partial charge in [-0.1, -0.05) is 48.5 Å². The summed E-state index contributed by atoms with van der Waals surface area (Å²) in [4.78, 5) is 32.2. The maximum Gasteiger partial charge on any atom is 0.242 e. The first kappa shape index (κ1) is 18.7. The normalized spacial score (nSPS) is 18.5. The van der Waals surface area contributed by atoms with Gasteiger partial charge in [0.05, 0.1) is 0 Å². The fraction of sp³-hybridized carbons (Fsp3) is 0.391. The molecule has 1 aliphatic carbocycles. The molecule has 1 saturated heterocycles. The third-order valence-corrected chi connectivity index (χ3v) is 5.93. The minimum absolute atomic E-state index is 0.0136. The van der Waals surface area contributed by atoms with Gasteiger partial charge in [-0.15, -0.1) is 0 Å². The van der Waals surface area contributed by atoms with Crippen LogP contribution >= 0.6 is 0 Å². The Morgan fingerprint density at radius 1 is 0.893 bits per heavy atom. The van der Waals surface area contributed by atoms with Crippen LogP contribution < -0.4 is 4.90 Å². The minimum atomic E-state index is -0.841. The standard InChI is InChI=1S/C23H27N3O2/c1-24(20-10-6-3-7-11-20)21(27)23(12-13-23)22(28)26-16-14-25(15-17-26)18-19-8-4-2-5-9-19/h2-11H,12-18H2,1H3. The van der Waals surface area contributed by atoms with E-state index in [9.17, 15) is 9.59 Å². The number of carbonyl (C=O) groups is 2. The summed E-state index contributed by atoms with van der Waals surface area (Å²) in [6.07, 6.45) is 1.32. The Morgan fingerprint density at radius 2 is 1.46 bits per heavy atom. The molecule has 2 aromatic rings. The first-order valence-electron chi connectivity index (χ1n) is 9.99. The lowest BCUT2D eigenvalue weighted by Crippen LogP contribution is -2.53. The molecule has 4 rings (SSSR count). The number of carbonyl (C=O) groups excluding carboxylic acids is 2. The highest BCUT2D eigenvalue weighted by Crippen LogP contribution is 2.49. The fourth-order valence-corrected chi connectivity index (χ4v) is 3.99. The molecule has 0 spiro atoms. The highest BCUT2D eigenvalue weighted by atomic mass is 16.2. The van der Waals surface area contributed by atoms with Crippen molar-refractivity contribution < 1.29 is 9.59 Å². The van der Waals surface area contributed by atoms with Crippen LogP contribution in [0.2, 0.25) is 0 Å². The van der Waals surface area contributed by atoms with E-state index in [1.165, 1.54) is 5.56 Å². The number of rotatable bonds is 5. The average molecular weight is 377 g/mol. The van der Waals surface area contributed by atoms with Crippen LogP contribution in [0.25, 0.3) is 0 Å². The lowest BCUT2D eigenvalue weighted by Gasteiger charge is -2.37. The molecule has 5 heteroatoms. The summed E-state index contributed by atoms with van der Waals surface area (Å²) in [5, 5.41) is 0. The summed E-state index contributed by atoms with van der Waals surface area (Å²) in [6.45, 7) is 3.98. The van der Waals surface area contributed by atoms with Crippen LogP contribution in [0, 0.1) is 5.41 Å². The highest BCUT2D eigenvalue weighted by Gasteiger charge is 2.59. The Balaban J connectivity index is 1.36. The maximum atomic E-state index is 13.2. The van der Waals surface area contributed by atoms with Crippen molar-refractivity contribution in [1.29, 1.82) is 0 Å². The van der Waals surface area contributed by atoms with Gasteiger partial charge in [-0.25, -0.2) is 0 Å². The summed E-state index contributed by atoms with van der Waals surface area (Å²) in [6, 6.07) is 20.0. The molecule has 0 bridgehead atoms. The molecular formula is C23H27N3O2. The summed E-state index contributed by atoms with van der Waals surface area (Å²) >= 11 is 0. The van der Waals surface area contributed by atoms with Crippen molar-refractivity contribution >= 4 is 17.5 Å². The Hall–Kier alpha value is -2.66. The molecule has 1 aliphatic heterocycles. The highest BCUT2D eigenvalue weighted by molar-refractivity contribution is 6.13. The molecule has 0 atom stereocenters. The van der Waals surface area contributed by atoms with Crippen LogP contribution in [-0.2, 0) is 16.1 Å². The third kappa shape index (κ3) is 3.67. The predicted molar refractivity (Wildman–Crippen MR) is 110 cm³/mol. The van der Waals surface area contributed by atoms with Crippen molar-refractivity contribution in [3.8, 4) is 0 Å². The number of hydrogen-bond donors (Lipinski definition) is 0. The van der Waals surface area contributed by atoms with Gasteiger partial charge < -0.3 is 9.80 Å². The van der Waals surface area contributed by atoms with Crippen molar-refractivity contribution in [3.05, 3.63) is 66.2 Å². The number of hydrogen-bond acceptors (Lipinski definition) is 3. The van der Waals surface area contributed by atoms with Gasteiger partial charge in [0.25, 0.3) is 0 Å². The summed E-state index contributed by atoms with van der Waals surface area (Å²) < 4.78 is 0. The number of para-hydroxylation sites is 1. The largest absolute Gasteiger partial charge is 0.339 e.